The Kier molecular flexibility index (Phi) is 4.22. The van der Waals surface area contributed by atoms with E-state index in [1.165, 1.54) is 12.1 Å². The highest BCUT2D eigenvalue weighted by Gasteiger charge is 2.11. The number of carbonyl (C=O) groups excluding carboxylic acids is 1. The number of alkyl halides is 1. The smallest absolute Gasteiger partial charge is 0.147 e. The Labute approximate surface area is 89.9 Å². The predicted octanol–water partition coefficient (Wildman–Crippen LogP) is 1.82. The standard InChI is InChI=1S/C10H10BrFO2/c11-5-8(14)4-9-7(6-13)2-1-3-10(9)12/h1-3,13H,4-6H2. The quantitative estimate of drug-likeness (QED) is 0.839. The van der Waals surface area contributed by atoms with E-state index in [0.717, 1.165) is 0 Å². The summed E-state index contributed by atoms with van der Waals surface area (Å²) >= 11 is 3.01. The molecule has 76 valence electrons. The third-order valence-corrected chi connectivity index (χ3v) is 2.53. The highest BCUT2D eigenvalue weighted by molar-refractivity contribution is 9.09. The molecule has 0 amide bonds. The van der Waals surface area contributed by atoms with Crippen molar-refractivity contribution in [2.45, 2.75) is 13.0 Å². The third kappa shape index (κ3) is 2.62. The molecule has 1 rings (SSSR count). The van der Waals surface area contributed by atoms with E-state index < -0.39 is 5.82 Å². The van der Waals surface area contributed by atoms with E-state index in [1.807, 2.05) is 0 Å². The number of Topliss-reactive ketones (excluding diaryl/α,β-unsaturated/α-hetero) is 1. The minimum absolute atomic E-state index is 0.0216. The van der Waals surface area contributed by atoms with Gasteiger partial charge in [0.05, 0.1) is 11.9 Å². The van der Waals surface area contributed by atoms with Crippen LogP contribution in [0.5, 0.6) is 0 Å². The van der Waals surface area contributed by atoms with Crippen LogP contribution in [-0.4, -0.2) is 16.2 Å². The van der Waals surface area contributed by atoms with Gasteiger partial charge in [-0.05, 0) is 11.6 Å². The molecule has 0 fully saturated rings. The van der Waals surface area contributed by atoms with Gasteiger partial charge in [0, 0.05) is 12.0 Å². The second kappa shape index (κ2) is 5.22. The first-order chi connectivity index (χ1) is 6.69. The molecular weight excluding hydrogens is 251 g/mol. The predicted molar refractivity (Wildman–Crippen MR) is 54.8 cm³/mol. The van der Waals surface area contributed by atoms with E-state index in [0.29, 0.717) is 11.1 Å². The molecule has 0 atom stereocenters. The Morgan fingerprint density at radius 3 is 2.79 bits per heavy atom. The number of aliphatic hydroxyl groups excluding tert-OH is 1. The lowest BCUT2D eigenvalue weighted by Crippen LogP contribution is -2.08. The molecule has 0 aliphatic rings. The second-order valence-corrected chi connectivity index (χ2v) is 3.45. The average Bonchev–Trinajstić information content (AvgIpc) is 2.20. The van der Waals surface area contributed by atoms with Crippen molar-refractivity contribution < 1.29 is 14.3 Å². The first-order valence-corrected chi connectivity index (χ1v) is 5.26. The van der Waals surface area contributed by atoms with Gasteiger partial charge in [0.2, 0.25) is 0 Å². The maximum absolute atomic E-state index is 13.3. The summed E-state index contributed by atoms with van der Waals surface area (Å²) in [6.45, 7) is -0.247. The van der Waals surface area contributed by atoms with Crippen molar-refractivity contribution in [3.05, 3.63) is 35.1 Å². The largest absolute Gasteiger partial charge is 0.392 e. The first-order valence-electron chi connectivity index (χ1n) is 4.13. The zero-order chi connectivity index (χ0) is 10.6. The van der Waals surface area contributed by atoms with Gasteiger partial charge in [-0.25, -0.2) is 4.39 Å². The number of aliphatic hydroxyl groups is 1. The molecule has 4 heteroatoms. The summed E-state index contributed by atoms with van der Waals surface area (Å²) in [4.78, 5) is 11.1. The second-order valence-electron chi connectivity index (χ2n) is 2.88. The average molecular weight is 261 g/mol. The summed E-state index contributed by atoms with van der Waals surface area (Å²) in [5.74, 6) is -0.546. The van der Waals surface area contributed by atoms with Crippen LogP contribution in [0.25, 0.3) is 0 Å². The van der Waals surface area contributed by atoms with Gasteiger partial charge in [-0.15, -0.1) is 0 Å². The van der Waals surface area contributed by atoms with Crippen LogP contribution in [0.4, 0.5) is 4.39 Å². The molecule has 14 heavy (non-hydrogen) atoms. The lowest BCUT2D eigenvalue weighted by Gasteiger charge is -2.06. The van der Waals surface area contributed by atoms with E-state index >= 15 is 0 Å². The van der Waals surface area contributed by atoms with Gasteiger partial charge in [0.15, 0.2) is 0 Å². The van der Waals surface area contributed by atoms with Crippen LogP contribution in [0, 0.1) is 5.82 Å². The number of benzene rings is 1. The molecule has 0 unspecified atom stereocenters. The van der Waals surface area contributed by atoms with Gasteiger partial charge in [0.1, 0.15) is 11.6 Å². The molecule has 2 nitrogen and oxygen atoms in total. The van der Waals surface area contributed by atoms with E-state index in [-0.39, 0.29) is 24.1 Å². The Bertz CT molecular complexity index is 339. The number of halogens is 2. The van der Waals surface area contributed by atoms with E-state index in [4.69, 9.17) is 5.11 Å². The molecule has 1 aromatic carbocycles. The maximum atomic E-state index is 13.3. The zero-order valence-electron chi connectivity index (χ0n) is 7.46. The number of rotatable bonds is 4. The SMILES string of the molecule is O=C(CBr)Cc1c(F)cccc1CO. The van der Waals surface area contributed by atoms with Crippen molar-refractivity contribution in [2.24, 2.45) is 0 Å². The van der Waals surface area contributed by atoms with Crippen molar-refractivity contribution in [1.29, 1.82) is 0 Å². The highest BCUT2D eigenvalue weighted by Crippen LogP contribution is 2.15. The van der Waals surface area contributed by atoms with Crippen molar-refractivity contribution >= 4 is 21.7 Å². The molecule has 0 aromatic heterocycles. The van der Waals surface area contributed by atoms with E-state index in [2.05, 4.69) is 15.9 Å². The Hall–Kier alpha value is -0.740. The fourth-order valence-corrected chi connectivity index (χ4v) is 1.39. The van der Waals surface area contributed by atoms with Crippen LogP contribution in [-0.2, 0) is 17.8 Å². The highest BCUT2D eigenvalue weighted by atomic mass is 79.9. The van der Waals surface area contributed by atoms with Crippen molar-refractivity contribution in [2.75, 3.05) is 5.33 Å². The molecule has 1 aromatic rings. The summed E-state index contributed by atoms with van der Waals surface area (Å²) in [5.41, 5.74) is 0.763. The van der Waals surface area contributed by atoms with E-state index in [9.17, 15) is 9.18 Å². The van der Waals surface area contributed by atoms with Crippen molar-refractivity contribution in [3.8, 4) is 0 Å². The summed E-state index contributed by atoms with van der Waals surface area (Å²) in [5, 5.41) is 9.14. The summed E-state index contributed by atoms with van der Waals surface area (Å²) in [7, 11) is 0. The summed E-state index contributed by atoms with van der Waals surface area (Å²) in [6.07, 6.45) is 0.0216. The number of hydrogen-bond donors (Lipinski definition) is 1. The van der Waals surface area contributed by atoms with Gasteiger partial charge >= 0.3 is 0 Å². The minimum atomic E-state index is -0.439. The Morgan fingerprint density at radius 2 is 2.21 bits per heavy atom. The van der Waals surface area contributed by atoms with Crippen LogP contribution in [0.1, 0.15) is 11.1 Å². The molecular formula is C10H10BrFO2. The molecule has 0 saturated heterocycles. The third-order valence-electron chi connectivity index (χ3n) is 1.91. The minimum Gasteiger partial charge on any atom is -0.392 e. The topological polar surface area (TPSA) is 37.3 Å². The summed E-state index contributed by atoms with van der Waals surface area (Å²) < 4.78 is 13.3. The molecule has 0 radical (unpaired) electrons. The number of hydrogen-bond acceptors (Lipinski definition) is 2. The number of ketones is 1. The van der Waals surface area contributed by atoms with Gasteiger partial charge in [-0.2, -0.15) is 0 Å². The van der Waals surface area contributed by atoms with Gasteiger partial charge in [-0.3, -0.25) is 4.79 Å². The maximum Gasteiger partial charge on any atom is 0.147 e. The molecule has 0 saturated carbocycles. The van der Waals surface area contributed by atoms with Gasteiger partial charge in [-0.1, -0.05) is 28.1 Å². The molecule has 0 heterocycles. The fourth-order valence-electron chi connectivity index (χ4n) is 1.19. The number of carbonyl (C=O) groups is 1. The monoisotopic (exact) mass is 260 g/mol. The first kappa shape index (κ1) is 11.3. The normalized spacial score (nSPS) is 10.2. The van der Waals surface area contributed by atoms with Crippen LogP contribution in [0.3, 0.4) is 0 Å². The fraction of sp³-hybridized carbons (Fsp3) is 0.300. The van der Waals surface area contributed by atoms with E-state index in [1.54, 1.807) is 6.07 Å². The van der Waals surface area contributed by atoms with Gasteiger partial charge < -0.3 is 5.11 Å². The lowest BCUT2D eigenvalue weighted by atomic mass is 10.0. The van der Waals surface area contributed by atoms with Crippen LogP contribution in [0.15, 0.2) is 18.2 Å². The Morgan fingerprint density at radius 1 is 1.50 bits per heavy atom. The molecule has 1 N–H and O–H groups in total. The van der Waals surface area contributed by atoms with Crippen molar-refractivity contribution in [3.63, 3.8) is 0 Å². The molecule has 0 aliphatic heterocycles. The van der Waals surface area contributed by atoms with Crippen LogP contribution >= 0.6 is 15.9 Å². The Balaban J connectivity index is 2.98. The lowest BCUT2D eigenvalue weighted by molar-refractivity contribution is -0.115. The molecule has 0 spiro atoms. The molecule has 0 aliphatic carbocycles. The summed E-state index contributed by atoms with van der Waals surface area (Å²) in [6, 6.07) is 4.42. The van der Waals surface area contributed by atoms with Crippen molar-refractivity contribution in [1.82, 2.24) is 0 Å². The molecule has 0 bridgehead atoms. The zero-order valence-corrected chi connectivity index (χ0v) is 9.05. The van der Waals surface area contributed by atoms with Gasteiger partial charge in [0.25, 0.3) is 0 Å². The van der Waals surface area contributed by atoms with Crippen LogP contribution < -0.4 is 0 Å². The van der Waals surface area contributed by atoms with Crippen LogP contribution in [0.2, 0.25) is 0 Å².